The average Bonchev–Trinajstić information content (AvgIpc) is 3.07. The molecule has 0 saturated carbocycles. The third kappa shape index (κ3) is 2.62. The van der Waals surface area contributed by atoms with E-state index in [1.54, 1.807) is 0 Å². The number of aliphatic hydroxyl groups is 1. The molecule has 10 nitrogen and oxygen atoms in total. The van der Waals surface area contributed by atoms with Crippen LogP contribution < -0.4 is 9.62 Å². The van der Waals surface area contributed by atoms with E-state index in [2.05, 4.69) is 5.32 Å². The van der Waals surface area contributed by atoms with Crippen LogP contribution in [-0.2, 0) is 25.2 Å². The van der Waals surface area contributed by atoms with Gasteiger partial charge in [-0.3, -0.25) is 13.9 Å². The second-order valence-electron chi connectivity index (χ2n) is 6.07. The smallest absolute Gasteiger partial charge is 0.364 e. The van der Waals surface area contributed by atoms with E-state index in [9.17, 15) is 35.8 Å². The third-order valence-corrected chi connectivity index (χ3v) is 6.20. The van der Waals surface area contributed by atoms with E-state index in [0.29, 0.717) is 4.31 Å². The Morgan fingerprint density at radius 3 is 2.29 bits per heavy atom. The Labute approximate surface area is 159 Å². The van der Waals surface area contributed by atoms with Crippen molar-refractivity contribution in [1.29, 1.82) is 0 Å². The number of amides is 1. The number of rotatable bonds is 2. The Morgan fingerprint density at radius 1 is 0.964 bits per heavy atom. The highest BCUT2D eigenvalue weighted by molar-refractivity contribution is 7.87. The zero-order valence-electron chi connectivity index (χ0n) is 13.8. The first kappa shape index (κ1) is 18.6. The lowest BCUT2D eigenvalue weighted by atomic mass is 10.0. The highest BCUT2D eigenvalue weighted by Crippen LogP contribution is 2.49. The van der Waals surface area contributed by atoms with E-state index in [4.69, 9.17) is 0 Å². The van der Waals surface area contributed by atoms with Crippen molar-refractivity contribution in [2.45, 2.75) is 11.0 Å². The highest BCUT2D eigenvalue weighted by atomic mass is 32.2. The van der Waals surface area contributed by atoms with Gasteiger partial charge in [-0.15, -0.1) is 0 Å². The van der Waals surface area contributed by atoms with E-state index in [1.165, 1.54) is 36.4 Å². The van der Waals surface area contributed by atoms with Crippen molar-refractivity contribution in [1.82, 2.24) is 0 Å². The third-order valence-electron chi connectivity index (χ3n) is 4.45. The van der Waals surface area contributed by atoms with Crippen LogP contribution in [0.4, 0.5) is 11.4 Å². The van der Waals surface area contributed by atoms with Crippen molar-refractivity contribution in [2.24, 2.45) is 0 Å². The maximum absolute atomic E-state index is 12.6. The van der Waals surface area contributed by atoms with Gasteiger partial charge in [-0.1, -0.05) is 30.3 Å². The second-order valence-corrected chi connectivity index (χ2v) is 8.72. The summed E-state index contributed by atoms with van der Waals surface area (Å²) in [4.78, 5) is 12.0. The molecule has 2 aliphatic heterocycles. The molecule has 2 aromatic rings. The van der Waals surface area contributed by atoms with Gasteiger partial charge in [-0.25, -0.2) is 4.31 Å². The summed E-state index contributed by atoms with van der Waals surface area (Å²) in [5.41, 5.74) is -1.01. The number of anilines is 2. The molecule has 0 fully saturated rings. The first-order valence-corrected chi connectivity index (χ1v) is 10.6. The van der Waals surface area contributed by atoms with Crippen LogP contribution in [0.1, 0.15) is 17.2 Å². The standard InChI is InChI=1S/C16H12N2O8S2/c19-15-8-4-1-2-6-10(8)18(28(24,25)26)14(15)12-9-5-3-7-11(27(21,22)23)13(9)17-16(12)20/h1-7,15,19H,(H,17,20)(H,21,22,23)(H,24,25,26)/b14-12-. The molecule has 4 rings (SSSR count). The highest BCUT2D eigenvalue weighted by Gasteiger charge is 2.44. The number of aliphatic hydroxyl groups excluding tert-OH is 1. The van der Waals surface area contributed by atoms with E-state index in [1.807, 2.05) is 0 Å². The van der Waals surface area contributed by atoms with Crippen LogP contribution >= 0.6 is 0 Å². The largest absolute Gasteiger partial charge is 0.382 e. The first-order valence-electron chi connectivity index (χ1n) is 7.73. The number of carbonyl (C=O) groups excluding carboxylic acids is 1. The van der Waals surface area contributed by atoms with Gasteiger partial charge in [0.2, 0.25) is 0 Å². The van der Waals surface area contributed by atoms with Crippen LogP contribution in [0.5, 0.6) is 0 Å². The molecule has 1 amide bonds. The van der Waals surface area contributed by atoms with Crippen molar-refractivity contribution in [3.05, 3.63) is 59.3 Å². The molecule has 28 heavy (non-hydrogen) atoms. The van der Waals surface area contributed by atoms with Crippen molar-refractivity contribution < 1.29 is 35.8 Å². The summed E-state index contributed by atoms with van der Waals surface area (Å²) in [5.74, 6) is -0.901. The lowest BCUT2D eigenvalue weighted by molar-refractivity contribution is -0.110. The molecule has 0 aliphatic carbocycles. The van der Waals surface area contributed by atoms with Gasteiger partial charge in [0.15, 0.2) is 0 Å². The van der Waals surface area contributed by atoms with Gasteiger partial charge >= 0.3 is 10.3 Å². The lowest BCUT2D eigenvalue weighted by Gasteiger charge is -2.19. The van der Waals surface area contributed by atoms with Gasteiger partial charge in [0.05, 0.1) is 22.6 Å². The number of nitrogens with zero attached hydrogens (tertiary/aromatic N) is 1. The Balaban J connectivity index is 2.08. The summed E-state index contributed by atoms with van der Waals surface area (Å²) in [6.07, 6.45) is -1.58. The average molecular weight is 424 g/mol. The van der Waals surface area contributed by atoms with E-state index >= 15 is 0 Å². The quantitative estimate of drug-likeness (QED) is 0.409. The Hall–Kier alpha value is -2.77. The zero-order valence-corrected chi connectivity index (χ0v) is 15.4. The summed E-state index contributed by atoms with van der Waals surface area (Å²) in [5, 5.41) is 13.0. The molecule has 0 saturated heterocycles. The molecule has 146 valence electrons. The van der Waals surface area contributed by atoms with E-state index in [-0.39, 0.29) is 28.1 Å². The van der Waals surface area contributed by atoms with Crippen molar-refractivity contribution >= 4 is 43.3 Å². The fourth-order valence-electron chi connectivity index (χ4n) is 3.41. The summed E-state index contributed by atoms with van der Waals surface area (Å²) < 4.78 is 66.7. The number of benzene rings is 2. The minimum Gasteiger partial charge on any atom is -0.382 e. The molecule has 0 radical (unpaired) electrons. The number of carbonyl (C=O) groups is 1. The molecule has 2 heterocycles. The molecule has 12 heteroatoms. The van der Waals surface area contributed by atoms with Crippen LogP contribution in [-0.4, -0.2) is 37.0 Å². The molecular formula is C16H12N2O8S2. The molecule has 4 N–H and O–H groups in total. The number of hydrogen-bond acceptors (Lipinski definition) is 6. The van der Waals surface area contributed by atoms with Crippen LogP contribution in [0.2, 0.25) is 0 Å². The minimum atomic E-state index is -4.93. The normalized spacial score (nSPS) is 21.5. The molecule has 0 aromatic heterocycles. The van der Waals surface area contributed by atoms with Crippen molar-refractivity contribution in [3.63, 3.8) is 0 Å². The van der Waals surface area contributed by atoms with Gasteiger partial charge < -0.3 is 10.4 Å². The fraction of sp³-hybridized carbons (Fsp3) is 0.0625. The maximum atomic E-state index is 12.6. The van der Waals surface area contributed by atoms with Crippen LogP contribution in [0.25, 0.3) is 5.57 Å². The van der Waals surface area contributed by atoms with Crippen LogP contribution in [0, 0.1) is 0 Å². The number of nitrogens with one attached hydrogen (secondary N) is 1. The molecule has 0 spiro atoms. The van der Waals surface area contributed by atoms with Crippen molar-refractivity contribution in [3.8, 4) is 0 Å². The summed E-state index contributed by atoms with van der Waals surface area (Å²) in [6.45, 7) is 0. The van der Waals surface area contributed by atoms with Crippen molar-refractivity contribution in [2.75, 3.05) is 9.62 Å². The monoisotopic (exact) mass is 424 g/mol. The Morgan fingerprint density at radius 2 is 1.64 bits per heavy atom. The van der Waals surface area contributed by atoms with Gasteiger partial charge in [-0.2, -0.15) is 16.8 Å². The number of hydrogen-bond donors (Lipinski definition) is 4. The number of para-hydroxylation sites is 2. The summed E-state index contributed by atoms with van der Waals surface area (Å²) in [7, 11) is -9.62. The predicted octanol–water partition coefficient (Wildman–Crippen LogP) is 0.953. The van der Waals surface area contributed by atoms with Crippen LogP contribution in [0.3, 0.4) is 0 Å². The molecular weight excluding hydrogens is 412 g/mol. The summed E-state index contributed by atoms with van der Waals surface area (Å²) in [6, 6.07) is 9.41. The minimum absolute atomic E-state index is 0.0457. The summed E-state index contributed by atoms with van der Waals surface area (Å²) >= 11 is 0. The zero-order chi connectivity index (χ0) is 20.4. The Bertz CT molecular complexity index is 1280. The molecule has 0 bridgehead atoms. The van der Waals surface area contributed by atoms with E-state index in [0.717, 1.165) is 6.07 Å². The van der Waals surface area contributed by atoms with Crippen LogP contribution in [0.15, 0.2) is 53.1 Å². The molecule has 1 atom stereocenters. The molecule has 2 aliphatic rings. The fourth-order valence-corrected chi connectivity index (χ4v) is 4.94. The topological polar surface area (TPSA) is 161 Å². The molecule has 1 unspecified atom stereocenters. The predicted molar refractivity (Wildman–Crippen MR) is 97.2 cm³/mol. The lowest BCUT2D eigenvalue weighted by Crippen LogP contribution is -2.29. The maximum Gasteiger partial charge on any atom is 0.364 e. The van der Waals surface area contributed by atoms with Gasteiger partial charge in [0.1, 0.15) is 11.0 Å². The second kappa shape index (κ2) is 5.86. The van der Waals surface area contributed by atoms with E-state index < -0.39 is 43.0 Å². The van der Waals surface area contributed by atoms with Gasteiger partial charge in [0.25, 0.3) is 16.0 Å². The first-order chi connectivity index (χ1) is 13.0. The molecule has 2 aromatic carbocycles. The Kier molecular flexibility index (Phi) is 3.89. The van der Waals surface area contributed by atoms with Gasteiger partial charge in [-0.05, 0) is 12.1 Å². The SMILES string of the molecule is O=C1Nc2c(cccc2S(=O)(=O)O)/C1=C1\C(O)c2ccccc2N1S(=O)(=O)O. The number of fused-ring (bicyclic) bond motifs is 2. The van der Waals surface area contributed by atoms with Gasteiger partial charge in [0, 0.05) is 11.1 Å².